The van der Waals surface area contributed by atoms with Gasteiger partial charge in [0, 0.05) is 33.0 Å². The van der Waals surface area contributed by atoms with Crippen LogP contribution in [0.4, 0.5) is 0 Å². The summed E-state index contributed by atoms with van der Waals surface area (Å²) in [7, 11) is -1.53. The van der Waals surface area contributed by atoms with Crippen LogP contribution in [0.25, 0.3) is 0 Å². The maximum atomic E-state index is 6.02. The topological polar surface area (TPSA) is 58.2 Å². The van der Waals surface area contributed by atoms with E-state index in [4.69, 9.17) is 22.4 Å². The van der Waals surface area contributed by atoms with Crippen molar-refractivity contribution in [3.63, 3.8) is 0 Å². The zero-order valence-corrected chi connectivity index (χ0v) is 17.0. The fourth-order valence-electron chi connectivity index (χ4n) is 3.03. The van der Waals surface area contributed by atoms with Crippen LogP contribution in [0.5, 0.6) is 0 Å². The highest BCUT2D eigenvalue weighted by Gasteiger charge is 2.46. The Morgan fingerprint density at radius 1 is 1.00 bits per heavy atom. The van der Waals surface area contributed by atoms with Gasteiger partial charge in [0.2, 0.25) is 0 Å². The van der Waals surface area contributed by atoms with Crippen molar-refractivity contribution in [3.05, 3.63) is 0 Å². The van der Waals surface area contributed by atoms with Crippen LogP contribution in [0.15, 0.2) is 0 Å². The Balaban J connectivity index is 2.39. The molecule has 1 unspecified atom stereocenters. The molecule has 0 aromatic heterocycles. The summed E-state index contributed by atoms with van der Waals surface area (Å²) in [6.45, 7) is 8.34. The molecule has 1 aliphatic rings. The van der Waals surface area contributed by atoms with Gasteiger partial charge in [-0.3, -0.25) is 0 Å². The van der Waals surface area contributed by atoms with Crippen LogP contribution in [0, 0.1) is 0 Å². The summed E-state index contributed by atoms with van der Waals surface area (Å²) in [6.07, 6.45) is 8.14. The Kier molecular flexibility index (Phi) is 12.1. The van der Waals surface area contributed by atoms with Crippen molar-refractivity contribution in [1.29, 1.82) is 0 Å². The molecule has 0 bridgehead atoms. The van der Waals surface area contributed by atoms with Gasteiger partial charge in [-0.15, -0.1) is 0 Å². The second-order valence-electron chi connectivity index (χ2n) is 6.00. The Morgan fingerprint density at radius 2 is 1.67 bits per heavy atom. The summed E-state index contributed by atoms with van der Waals surface area (Å²) in [5.74, 6) is 0. The highest BCUT2D eigenvalue weighted by molar-refractivity contribution is 6.53. The molecular weight excluding hydrogens is 326 g/mol. The first-order valence-electron chi connectivity index (χ1n) is 9.55. The molecule has 1 fully saturated rings. The first-order chi connectivity index (χ1) is 11.7. The van der Waals surface area contributed by atoms with Gasteiger partial charge in [-0.05, 0) is 53.0 Å². The zero-order valence-electron chi connectivity index (χ0n) is 16.0. The molecule has 0 aromatic carbocycles. The summed E-state index contributed by atoms with van der Waals surface area (Å²) >= 11 is 0. The highest BCUT2D eigenvalue weighted by atomic mass is 28.4. The van der Waals surface area contributed by atoms with Crippen LogP contribution in [-0.4, -0.2) is 54.9 Å². The van der Waals surface area contributed by atoms with Crippen molar-refractivity contribution in [3.8, 4) is 0 Å². The molecular formula is C17H37NO5Si. The predicted octanol–water partition coefficient (Wildman–Crippen LogP) is 3.22. The maximum Gasteiger partial charge on any atom is 0.681 e. The van der Waals surface area contributed by atoms with Gasteiger partial charge in [-0.25, -0.2) is 0 Å². The molecule has 1 saturated carbocycles. The standard InChI is InChI=1S/C17H37NO5Si/c1-5-20-17(23-24(19-4,21-6-2)22-7-3)14-11-15-18-16-12-9-8-10-13-16/h16-18H,5-15H2,1-4H3. The molecule has 144 valence electrons. The van der Waals surface area contributed by atoms with E-state index in [9.17, 15) is 0 Å². The smallest absolute Gasteiger partial charge is 0.355 e. The molecule has 1 atom stereocenters. The Bertz CT molecular complexity index is 297. The summed E-state index contributed by atoms with van der Waals surface area (Å²) in [5.41, 5.74) is 0. The molecule has 0 aromatic rings. The van der Waals surface area contributed by atoms with Gasteiger partial charge in [0.05, 0.1) is 0 Å². The minimum Gasteiger partial charge on any atom is -0.355 e. The van der Waals surface area contributed by atoms with E-state index in [0.717, 1.165) is 19.4 Å². The second-order valence-corrected chi connectivity index (χ2v) is 8.23. The van der Waals surface area contributed by atoms with Gasteiger partial charge in [-0.2, -0.15) is 0 Å². The van der Waals surface area contributed by atoms with Crippen molar-refractivity contribution in [2.75, 3.05) is 33.5 Å². The fraction of sp³-hybridized carbons (Fsp3) is 1.00. The molecule has 0 radical (unpaired) electrons. The van der Waals surface area contributed by atoms with Gasteiger partial charge < -0.3 is 27.8 Å². The average Bonchev–Trinajstić information content (AvgIpc) is 2.60. The lowest BCUT2D eigenvalue weighted by atomic mass is 9.95. The molecule has 0 heterocycles. The maximum absolute atomic E-state index is 6.02. The first-order valence-corrected chi connectivity index (χ1v) is 11.2. The Morgan fingerprint density at radius 3 is 2.21 bits per heavy atom. The summed E-state index contributed by atoms with van der Waals surface area (Å²) < 4.78 is 28.6. The number of hydrogen-bond acceptors (Lipinski definition) is 6. The lowest BCUT2D eigenvalue weighted by Crippen LogP contribution is -2.51. The van der Waals surface area contributed by atoms with E-state index >= 15 is 0 Å². The quantitative estimate of drug-likeness (QED) is 0.290. The van der Waals surface area contributed by atoms with E-state index < -0.39 is 9.05 Å². The summed E-state index contributed by atoms with van der Waals surface area (Å²) in [5, 5.41) is 3.65. The van der Waals surface area contributed by atoms with Gasteiger partial charge in [0.1, 0.15) is 0 Å². The molecule has 6 nitrogen and oxygen atoms in total. The van der Waals surface area contributed by atoms with E-state index in [1.807, 2.05) is 20.8 Å². The largest absolute Gasteiger partial charge is 0.681 e. The van der Waals surface area contributed by atoms with E-state index in [2.05, 4.69) is 5.32 Å². The van der Waals surface area contributed by atoms with Gasteiger partial charge in [0.15, 0.2) is 6.29 Å². The minimum atomic E-state index is -3.11. The SMILES string of the molecule is CCOC(CCCNC1CCCCC1)O[Si](OC)(OCC)OCC. The second kappa shape index (κ2) is 13.2. The molecule has 1 N–H and O–H groups in total. The fourth-order valence-corrected chi connectivity index (χ4v) is 4.80. The summed E-state index contributed by atoms with van der Waals surface area (Å²) in [6, 6.07) is 0.685. The third-order valence-corrected chi connectivity index (χ3v) is 6.51. The predicted molar refractivity (Wildman–Crippen MR) is 96.6 cm³/mol. The lowest BCUT2D eigenvalue weighted by Gasteiger charge is -2.30. The molecule has 1 rings (SSSR count). The van der Waals surface area contributed by atoms with Crippen LogP contribution < -0.4 is 5.32 Å². The van der Waals surface area contributed by atoms with Gasteiger partial charge in [0.25, 0.3) is 0 Å². The molecule has 0 aliphatic heterocycles. The van der Waals surface area contributed by atoms with E-state index in [0.29, 0.717) is 25.9 Å². The molecule has 24 heavy (non-hydrogen) atoms. The van der Waals surface area contributed by atoms with Crippen molar-refractivity contribution in [1.82, 2.24) is 5.32 Å². The van der Waals surface area contributed by atoms with Crippen molar-refractivity contribution in [2.45, 2.75) is 78.0 Å². The van der Waals surface area contributed by atoms with Crippen molar-refractivity contribution in [2.24, 2.45) is 0 Å². The van der Waals surface area contributed by atoms with Crippen LogP contribution in [0.3, 0.4) is 0 Å². The van der Waals surface area contributed by atoms with Crippen LogP contribution in [0.2, 0.25) is 0 Å². The number of nitrogens with one attached hydrogen (secondary N) is 1. The molecule has 1 aliphatic carbocycles. The van der Waals surface area contributed by atoms with Crippen LogP contribution >= 0.6 is 0 Å². The number of ether oxygens (including phenoxy) is 1. The highest BCUT2D eigenvalue weighted by Crippen LogP contribution is 2.19. The third-order valence-electron chi connectivity index (χ3n) is 4.18. The Labute approximate surface area is 149 Å². The normalized spacial score (nSPS) is 18.0. The van der Waals surface area contributed by atoms with E-state index in [-0.39, 0.29) is 6.29 Å². The number of rotatable bonds is 14. The van der Waals surface area contributed by atoms with E-state index in [1.165, 1.54) is 32.1 Å². The van der Waals surface area contributed by atoms with Crippen molar-refractivity contribution < 1.29 is 22.4 Å². The first kappa shape index (κ1) is 22.0. The van der Waals surface area contributed by atoms with Crippen LogP contribution in [-0.2, 0) is 22.4 Å². The lowest BCUT2D eigenvalue weighted by molar-refractivity contribution is -0.146. The minimum absolute atomic E-state index is 0.354. The molecule has 0 amide bonds. The third kappa shape index (κ3) is 8.38. The molecule has 0 spiro atoms. The molecule has 0 saturated heterocycles. The monoisotopic (exact) mass is 363 g/mol. The van der Waals surface area contributed by atoms with E-state index in [1.54, 1.807) is 7.11 Å². The van der Waals surface area contributed by atoms with Crippen LogP contribution in [0.1, 0.15) is 65.7 Å². The average molecular weight is 364 g/mol. The van der Waals surface area contributed by atoms with Gasteiger partial charge >= 0.3 is 9.05 Å². The van der Waals surface area contributed by atoms with Gasteiger partial charge in [-0.1, -0.05) is 19.3 Å². The molecule has 7 heteroatoms. The summed E-state index contributed by atoms with van der Waals surface area (Å²) in [4.78, 5) is 0. The number of hydrogen-bond donors (Lipinski definition) is 1. The van der Waals surface area contributed by atoms with Crippen molar-refractivity contribution >= 4 is 9.05 Å². The zero-order chi connectivity index (χ0) is 17.7. The Hall–Kier alpha value is -0.0231.